The summed E-state index contributed by atoms with van der Waals surface area (Å²) in [5, 5.41) is 3.15. The molecule has 1 aliphatic rings. The van der Waals surface area contributed by atoms with Crippen LogP contribution in [0.1, 0.15) is 11.1 Å². The number of rotatable bonds is 2. The molecule has 0 aliphatic carbocycles. The minimum Gasteiger partial charge on any atom is -0.325 e. The van der Waals surface area contributed by atoms with E-state index in [1.54, 1.807) is 11.8 Å². The smallest absolute Gasteiger partial charge is 0.238 e. The van der Waals surface area contributed by atoms with Gasteiger partial charge < -0.3 is 5.32 Å². The lowest BCUT2D eigenvalue weighted by Crippen LogP contribution is -2.30. The predicted molar refractivity (Wildman–Crippen MR) is 78.1 cm³/mol. The predicted octanol–water partition coefficient (Wildman–Crippen LogP) is 3.09. The van der Waals surface area contributed by atoms with Gasteiger partial charge in [-0.2, -0.15) is 11.8 Å². The first-order valence-corrected chi connectivity index (χ1v) is 7.95. The summed E-state index contributed by atoms with van der Waals surface area (Å²) in [6.07, 6.45) is 0. The number of amides is 1. The molecule has 1 unspecified atom stereocenters. The molecule has 1 aromatic carbocycles. The molecule has 1 aromatic rings. The Balaban J connectivity index is 2.04. The topological polar surface area (TPSA) is 29.1 Å². The second kappa shape index (κ2) is 5.83. The quantitative estimate of drug-likeness (QED) is 0.893. The van der Waals surface area contributed by atoms with Crippen molar-refractivity contribution < 1.29 is 4.79 Å². The summed E-state index contributed by atoms with van der Waals surface area (Å²) in [6.45, 7) is 4.11. The van der Waals surface area contributed by atoms with Crippen LogP contribution in [-0.4, -0.2) is 28.4 Å². The van der Waals surface area contributed by atoms with Gasteiger partial charge in [0, 0.05) is 22.9 Å². The van der Waals surface area contributed by atoms with E-state index in [9.17, 15) is 4.79 Å². The van der Waals surface area contributed by atoms with Crippen LogP contribution in [0.4, 0.5) is 5.69 Å². The third-order valence-electron chi connectivity index (χ3n) is 2.97. The molecule has 0 saturated carbocycles. The number of anilines is 1. The Morgan fingerprint density at radius 3 is 2.88 bits per heavy atom. The average molecular weight is 267 g/mol. The van der Waals surface area contributed by atoms with E-state index in [-0.39, 0.29) is 11.2 Å². The van der Waals surface area contributed by atoms with Crippen LogP contribution in [0.15, 0.2) is 18.2 Å². The fourth-order valence-electron chi connectivity index (χ4n) is 1.74. The number of carbonyl (C=O) groups is 1. The van der Waals surface area contributed by atoms with E-state index in [2.05, 4.69) is 18.3 Å². The minimum atomic E-state index is 0.105. The molecule has 4 heteroatoms. The molecule has 1 amide bonds. The van der Waals surface area contributed by atoms with Crippen molar-refractivity contribution in [2.24, 2.45) is 0 Å². The van der Waals surface area contributed by atoms with Gasteiger partial charge in [-0.1, -0.05) is 12.1 Å². The molecule has 1 aliphatic heterocycles. The van der Waals surface area contributed by atoms with Crippen LogP contribution in [-0.2, 0) is 4.79 Å². The lowest BCUT2D eigenvalue weighted by molar-refractivity contribution is -0.115. The van der Waals surface area contributed by atoms with Gasteiger partial charge in [0.2, 0.25) is 5.91 Å². The lowest BCUT2D eigenvalue weighted by Gasteiger charge is -2.21. The van der Waals surface area contributed by atoms with Crippen molar-refractivity contribution in [3.8, 4) is 0 Å². The molecular weight excluding hydrogens is 250 g/mol. The molecule has 2 nitrogen and oxygen atoms in total. The molecule has 92 valence electrons. The van der Waals surface area contributed by atoms with Gasteiger partial charge in [-0.05, 0) is 31.0 Å². The first-order chi connectivity index (χ1) is 8.18. The molecule has 1 saturated heterocycles. The van der Waals surface area contributed by atoms with E-state index in [0.717, 1.165) is 28.5 Å². The second-order valence-corrected chi connectivity index (χ2v) is 6.63. The summed E-state index contributed by atoms with van der Waals surface area (Å²) in [7, 11) is 0. The molecule has 0 bridgehead atoms. The number of hydrogen-bond donors (Lipinski definition) is 1. The van der Waals surface area contributed by atoms with E-state index in [1.807, 2.05) is 30.8 Å². The first kappa shape index (κ1) is 12.8. The van der Waals surface area contributed by atoms with E-state index >= 15 is 0 Å². The Hall–Kier alpha value is -0.610. The van der Waals surface area contributed by atoms with Crippen molar-refractivity contribution in [3.05, 3.63) is 29.3 Å². The van der Waals surface area contributed by atoms with Gasteiger partial charge in [-0.15, -0.1) is 11.8 Å². The third kappa shape index (κ3) is 3.19. The van der Waals surface area contributed by atoms with E-state index in [0.29, 0.717) is 0 Å². The number of carbonyl (C=O) groups excluding carboxylic acids is 1. The van der Waals surface area contributed by atoms with Crippen LogP contribution in [0, 0.1) is 13.8 Å². The highest BCUT2D eigenvalue weighted by atomic mass is 32.2. The van der Waals surface area contributed by atoms with Gasteiger partial charge in [0.05, 0.1) is 5.25 Å². The maximum Gasteiger partial charge on any atom is 0.238 e. The highest BCUT2D eigenvalue weighted by Gasteiger charge is 2.22. The Morgan fingerprint density at radius 2 is 2.18 bits per heavy atom. The number of nitrogens with one attached hydrogen (secondary N) is 1. The minimum absolute atomic E-state index is 0.105. The van der Waals surface area contributed by atoms with Gasteiger partial charge in [-0.3, -0.25) is 4.79 Å². The molecule has 0 aromatic heterocycles. The summed E-state index contributed by atoms with van der Waals surface area (Å²) in [4.78, 5) is 12.1. The van der Waals surface area contributed by atoms with Crippen molar-refractivity contribution in [3.63, 3.8) is 0 Å². The molecule has 1 heterocycles. The normalized spacial score (nSPS) is 20.0. The zero-order chi connectivity index (χ0) is 12.3. The Labute approximate surface area is 111 Å². The van der Waals surface area contributed by atoms with E-state index < -0.39 is 0 Å². The molecule has 0 radical (unpaired) electrons. The van der Waals surface area contributed by atoms with Crippen LogP contribution in [0.25, 0.3) is 0 Å². The second-order valence-electron chi connectivity index (χ2n) is 4.17. The largest absolute Gasteiger partial charge is 0.325 e. The monoisotopic (exact) mass is 267 g/mol. The zero-order valence-electron chi connectivity index (χ0n) is 10.2. The summed E-state index contributed by atoms with van der Waals surface area (Å²) in [6, 6.07) is 6.03. The molecular formula is C13H17NOS2. The molecule has 17 heavy (non-hydrogen) atoms. The highest BCUT2D eigenvalue weighted by molar-refractivity contribution is 8.07. The average Bonchev–Trinajstić information content (AvgIpc) is 2.36. The zero-order valence-corrected chi connectivity index (χ0v) is 11.8. The number of hydrogen-bond acceptors (Lipinski definition) is 3. The van der Waals surface area contributed by atoms with Crippen molar-refractivity contribution in [2.75, 3.05) is 22.6 Å². The van der Waals surface area contributed by atoms with Crippen LogP contribution in [0.2, 0.25) is 0 Å². The van der Waals surface area contributed by atoms with Crippen molar-refractivity contribution >= 4 is 35.1 Å². The number of aryl methyl sites for hydroxylation is 1. The maximum absolute atomic E-state index is 12.1. The molecule has 1 N–H and O–H groups in total. The van der Waals surface area contributed by atoms with Gasteiger partial charge in [0.25, 0.3) is 0 Å². The summed E-state index contributed by atoms with van der Waals surface area (Å²) < 4.78 is 0. The SMILES string of the molecule is Cc1cccc(NC(=O)C2CSCCS2)c1C. The van der Waals surface area contributed by atoms with Gasteiger partial charge in [0.15, 0.2) is 0 Å². The molecule has 0 spiro atoms. The van der Waals surface area contributed by atoms with Crippen LogP contribution in [0.3, 0.4) is 0 Å². The van der Waals surface area contributed by atoms with Crippen LogP contribution < -0.4 is 5.32 Å². The molecule has 1 fully saturated rings. The Kier molecular flexibility index (Phi) is 4.40. The van der Waals surface area contributed by atoms with Gasteiger partial charge >= 0.3 is 0 Å². The van der Waals surface area contributed by atoms with E-state index in [4.69, 9.17) is 0 Å². The Bertz CT molecular complexity index is 414. The van der Waals surface area contributed by atoms with Gasteiger partial charge in [0.1, 0.15) is 0 Å². The standard InChI is InChI=1S/C13H17NOS2/c1-9-4-3-5-11(10(9)2)14-13(15)12-8-16-6-7-17-12/h3-5,12H,6-8H2,1-2H3,(H,14,15). The van der Waals surface area contributed by atoms with E-state index in [1.165, 1.54) is 5.56 Å². The fraction of sp³-hybridized carbons (Fsp3) is 0.462. The molecule has 2 rings (SSSR count). The number of thioether (sulfide) groups is 2. The van der Waals surface area contributed by atoms with Crippen molar-refractivity contribution in [1.82, 2.24) is 0 Å². The third-order valence-corrected chi connectivity index (χ3v) is 5.73. The number of benzene rings is 1. The molecule has 1 atom stereocenters. The maximum atomic E-state index is 12.1. The van der Waals surface area contributed by atoms with Crippen molar-refractivity contribution in [1.29, 1.82) is 0 Å². The van der Waals surface area contributed by atoms with Gasteiger partial charge in [-0.25, -0.2) is 0 Å². The highest BCUT2D eigenvalue weighted by Crippen LogP contribution is 2.26. The first-order valence-electron chi connectivity index (χ1n) is 5.75. The van der Waals surface area contributed by atoms with Crippen molar-refractivity contribution in [2.45, 2.75) is 19.1 Å². The fourth-order valence-corrected chi connectivity index (χ4v) is 4.30. The summed E-state index contributed by atoms with van der Waals surface area (Å²) >= 11 is 3.64. The van der Waals surface area contributed by atoms with Crippen LogP contribution in [0.5, 0.6) is 0 Å². The summed E-state index contributed by atoms with van der Waals surface area (Å²) in [5.41, 5.74) is 3.33. The lowest BCUT2D eigenvalue weighted by atomic mass is 10.1. The summed E-state index contributed by atoms with van der Waals surface area (Å²) in [5.74, 6) is 3.32. The van der Waals surface area contributed by atoms with Crippen LogP contribution >= 0.6 is 23.5 Å². The Morgan fingerprint density at radius 1 is 1.35 bits per heavy atom.